The molecular weight excluding hydrogens is 236 g/mol. The molecule has 2 nitrogen and oxygen atoms in total. The summed E-state index contributed by atoms with van der Waals surface area (Å²) in [6.45, 7) is 8.99. The number of benzene rings is 1. The molecule has 106 valence electrons. The largest absolute Gasteiger partial charge is 0.493 e. The minimum absolute atomic E-state index is 0.719. The Hall–Kier alpha value is -1.44. The van der Waals surface area contributed by atoms with Crippen molar-refractivity contribution in [3.63, 3.8) is 0 Å². The van der Waals surface area contributed by atoms with Gasteiger partial charge < -0.3 is 9.47 Å². The topological polar surface area (TPSA) is 18.5 Å². The molecular formula is C17H26O2. The summed E-state index contributed by atoms with van der Waals surface area (Å²) < 4.78 is 11.2. The molecule has 0 saturated heterocycles. The molecule has 0 saturated carbocycles. The molecule has 19 heavy (non-hydrogen) atoms. The number of allylic oxidation sites excluding steroid dienone is 1. The normalized spacial score (nSPS) is 11.9. The molecule has 1 rings (SSSR count). The minimum atomic E-state index is 0.719. The molecule has 0 spiro atoms. The van der Waals surface area contributed by atoms with E-state index in [0.29, 0.717) is 0 Å². The smallest absolute Gasteiger partial charge is 0.161 e. The maximum Gasteiger partial charge on any atom is 0.161 e. The Morgan fingerprint density at radius 3 is 2.68 bits per heavy atom. The van der Waals surface area contributed by atoms with Crippen LogP contribution in [0.2, 0.25) is 0 Å². The van der Waals surface area contributed by atoms with Gasteiger partial charge in [0.05, 0.1) is 13.7 Å². The molecule has 1 unspecified atom stereocenters. The summed E-state index contributed by atoms with van der Waals surface area (Å²) >= 11 is 0. The lowest BCUT2D eigenvalue weighted by atomic mass is 10.0. The van der Waals surface area contributed by atoms with Crippen molar-refractivity contribution in [2.45, 2.75) is 39.5 Å². The predicted molar refractivity (Wildman–Crippen MR) is 81.1 cm³/mol. The predicted octanol–water partition coefficient (Wildman–Crippen LogP) is 4.63. The highest BCUT2D eigenvalue weighted by Gasteiger charge is 2.06. The van der Waals surface area contributed by atoms with E-state index in [9.17, 15) is 0 Å². The quantitative estimate of drug-likeness (QED) is 0.604. The average molecular weight is 262 g/mol. The van der Waals surface area contributed by atoms with Crippen molar-refractivity contribution in [3.8, 4) is 11.5 Å². The Kier molecular flexibility index (Phi) is 7.09. The molecule has 2 heteroatoms. The highest BCUT2D eigenvalue weighted by Crippen LogP contribution is 2.28. The molecule has 0 bridgehead atoms. The number of methoxy groups -OCH3 is 1. The van der Waals surface area contributed by atoms with Crippen molar-refractivity contribution in [2.24, 2.45) is 5.92 Å². The summed E-state index contributed by atoms with van der Waals surface area (Å²) in [6.07, 6.45) is 6.33. The zero-order valence-corrected chi connectivity index (χ0v) is 12.4. The standard InChI is InChI=1S/C17H26O2/c1-5-7-14(3)11-12-19-16-10-9-15(8-6-2)13-17(16)18-4/h6,9-10,13-14H,2,5,7-8,11-12H2,1,3-4H3. The van der Waals surface area contributed by atoms with Gasteiger partial charge in [0.2, 0.25) is 0 Å². The third-order valence-corrected chi connectivity index (χ3v) is 3.26. The van der Waals surface area contributed by atoms with Crippen LogP contribution < -0.4 is 9.47 Å². The maximum atomic E-state index is 5.83. The van der Waals surface area contributed by atoms with Gasteiger partial charge in [-0.3, -0.25) is 0 Å². The Morgan fingerprint density at radius 2 is 2.05 bits per heavy atom. The molecule has 1 aromatic rings. The Morgan fingerprint density at radius 1 is 1.26 bits per heavy atom. The molecule has 0 aliphatic heterocycles. The van der Waals surface area contributed by atoms with Crippen LogP contribution in [0.4, 0.5) is 0 Å². The van der Waals surface area contributed by atoms with Crippen LogP contribution in [-0.2, 0) is 6.42 Å². The van der Waals surface area contributed by atoms with E-state index in [2.05, 4.69) is 26.5 Å². The second kappa shape index (κ2) is 8.63. The molecule has 0 heterocycles. The van der Waals surface area contributed by atoms with Gasteiger partial charge in [0.15, 0.2) is 11.5 Å². The van der Waals surface area contributed by atoms with Gasteiger partial charge in [0.1, 0.15) is 0 Å². The fourth-order valence-corrected chi connectivity index (χ4v) is 2.13. The Bertz CT molecular complexity index is 385. The number of hydrogen-bond donors (Lipinski definition) is 0. The van der Waals surface area contributed by atoms with Crippen LogP contribution in [0, 0.1) is 5.92 Å². The third kappa shape index (κ3) is 5.37. The van der Waals surface area contributed by atoms with Gasteiger partial charge >= 0.3 is 0 Å². The van der Waals surface area contributed by atoms with Crippen molar-refractivity contribution in [2.75, 3.05) is 13.7 Å². The van der Waals surface area contributed by atoms with Gasteiger partial charge in [0, 0.05) is 0 Å². The van der Waals surface area contributed by atoms with E-state index in [1.165, 1.54) is 18.4 Å². The van der Waals surface area contributed by atoms with E-state index in [1.807, 2.05) is 18.2 Å². The average Bonchev–Trinajstić information content (AvgIpc) is 2.40. The van der Waals surface area contributed by atoms with Crippen LogP contribution in [0.25, 0.3) is 0 Å². The molecule has 0 radical (unpaired) electrons. The van der Waals surface area contributed by atoms with Crippen molar-refractivity contribution in [1.29, 1.82) is 0 Å². The lowest BCUT2D eigenvalue weighted by Crippen LogP contribution is -2.05. The van der Waals surface area contributed by atoms with Crippen LogP contribution in [0.5, 0.6) is 11.5 Å². The molecule has 0 aromatic heterocycles. The molecule has 1 atom stereocenters. The third-order valence-electron chi connectivity index (χ3n) is 3.26. The first-order valence-electron chi connectivity index (χ1n) is 7.11. The number of ether oxygens (including phenoxy) is 2. The first-order valence-corrected chi connectivity index (χ1v) is 7.11. The van der Waals surface area contributed by atoms with Crippen molar-refractivity contribution in [3.05, 3.63) is 36.4 Å². The fourth-order valence-electron chi connectivity index (χ4n) is 2.13. The maximum absolute atomic E-state index is 5.83. The van der Waals surface area contributed by atoms with E-state index in [-0.39, 0.29) is 0 Å². The van der Waals surface area contributed by atoms with Gasteiger partial charge in [-0.05, 0) is 36.5 Å². The zero-order chi connectivity index (χ0) is 14.1. The minimum Gasteiger partial charge on any atom is -0.493 e. The second-order valence-electron chi connectivity index (χ2n) is 5.01. The summed E-state index contributed by atoms with van der Waals surface area (Å²) in [5.74, 6) is 2.36. The van der Waals surface area contributed by atoms with Crippen LogP contribution in [0.1, 0.15) is 38.7 Å². The summed E-state index contributed by atoms with van der Waals surface area (Å²) in [5.41, 5.74) is 1.19. The first-order chi connectivity index (χ1) is 9.21. The van der Waals surface area contributed by atoms with Crippen LogP contribution in [0.15, 0.2) is 30.9 Å². The van der Waals surface area contributed by atoms with E-state index in [1.54, 1.807) is 7.11 Å². The van der Waals surface area contributed by atoms with Crippen LogP contribution in [-0.4, -0.2) is 13.7 Å². The van der Waals surface area contributed by atoms with Crippen LogP contribution >= 0.6 is 0 Å². The van der Waals surface area contributed by atoms with Crippen molar-refractivity contribution < 1.29 is 9.47 Å². The van der Waals surface area contributed by atoms with Gasteiger partial charge in [-0.15, -0.1) is 6.58 Å². The second-order valence-corrected chi connectivity index (χ2v) is 5.01. The van der Waals surface area contributed by atoms with Crippen molar-refractivity contribution >= 4 is 0 Å². The molecule has 0 N–H and O–H groups in total. The molecule has 0 aliphatic carbocycles. The van der Waals surface area contributed by atoms with E-state index in [4.69, 9.17) is 9.47 Å². The van der Waals surface area contributed by atoms with Gasteiger partial charge in [0.25, 0.3) is 0 Å². The van der Waals surface area contributed by atoms with Gasteiger partial charge in [-0.25, -0.2) is 0 Å². The summed E-state index contributed by atoms with van der Waals surface area (Å²) in [7, 11) is 1.68. The molecule has 0 aliphatic rings. The Labute approximate surface area is 117 Å². The summed E-state index contributed by atoms with van der Waals surface area (Å²) in [5, 5.41) is 0. The Balaban J connectivity index is 2.55. The highest BCUT2D eigenvalue weighted by molar-refractivity contribution is 5.43. The van der Waals surface area contributed by atoms with Gasteiger partial charge in [-0.2, -0.15) is 0 Å². The lowest BCUT2D eigenvalue weighted by molar-refractivity contribution is 0.264. The molecule has 1 aromatic carbocycles. The SMILES string of the molecule is C=CCc1ccc(OCCC(C)CCC)c(OC)c1. The van der Waals surface area contributed by atoms with Gasteiger partial charge in [-0.1, -0.05) is 38.8 Å². The summed E-state index contributed by atoms with van der Waals surface area (Å²) in [4.78, 5) is 0. The molecule has 0 amide bonds. The van der Waals surface area contributed by atoms with Crippen LogP contribution in [0.3, 0.4) is 0 Å². The number of hydrogen-bond acceptors (Lipinski definition) is 2. The van der Waals surface area contributed by atoms with E-state index < -0.39 is 0 Å². The summed E-state index contributed by atoms with van der Waals surface area (Å²) in [6, 6.07) is 6.07. The van der Waals surface area contributed by atoms with E-state index >= 15 is 0 Å². The lowest BCUT2D eigenvalue weighted by Gasteiger charge is -2.14. The van der Waals surface area contributed by atoms with E-state index in [0.717, 1.165) is 36.9 Å². The van der Waals surface area contributed by atoms with Crippen molar-refractivity contribution in [1.82, 2.24) is 0 Å². The monoisotopic (exact) mass is 262 g/mol. The first kappa shape index (κ1) is 15.6. The fraction of sp³-hybridized carbons (Fsp3) is 0.529. The number of rotatable bonds is 9. The molecule has 0 fully saturated rings. The highest BCUT2D eigenvalue weighted by atomic mass is 16.5. The zero-order valence-electron chi connectivity index (χ0n) is 12.4.